The number of rotatable bonds is 0. The summed E-state index contributed by atoms with van der Waals surface area (Å²) in [7, 11) is 0. The third-order valence-electron chi connectivity index (χ3n) is 7.04. The summed E-state index contributed by atoms with van der Waals surface area (Å²) in [5.74, 6) is -2.38. The molecule has 3 aliphatic carbocycles. The van der Waals surface area contributed by atoms with E-state index in [0.717, 1.165) is 0 Å². The second kappa shape index (κ2) is 4.44. The molecule has 1 saturated carbocycles. The van der Waals surface area contributed by atoms with Crippen molar-refractivity contribution >= 4 is 23.1 Å². The first-order chi connectivity index (χ1) is 12.3. The largest absolute Gasteiger partial charge is 0.294 e. The lowest BCUT2D eigenvalue weighted by Crippen LogP contribution is -2.75. The van der Waals surface area contributed by atoms with E-state index in [1.165, 1.54) is 0 Å². The van der Waals surface area contributed by atoms with Gasteiger partial charge in [0.2, 0.25) is 0 Å². The molecular formula is C22H16O4. The minimum absolute atomic E-state index is 0.203. The Morgan fingerprint density at radius 2 is 0.885 bits per heavy atom. The molecule has 0 saturated heterocycles. The van der Waals surface area contributed by atoms with Crippen LogP contribution in [-0.2, 0) is 0 Å². The molecule has 0 unspecified atom stereocenters. The van der Waals surface area contributed by atoms with E-state index in [9.17, 15) is 19.2 Å². The standard InChI is InChI=1S/C22H16O4/c1-21-15(17(23)11-7-3-5-9-13(11)19(21)25)16-18(24)12-8-4-6-10-14(12)20(26)22(16,21)2/h3-10,15-16H,1-2H3/t15-,16+,21-,22+. The van der Waals surface area contributed by atoms with Crippen LogP contribution >= 0.6 is 0 Å². The Balaban J connectivity index is 1.80. The maximum atomic E-state index is 13.4. The maximum absolute atomic E-state index is 13.4. The molecule has 3 aliphatic rings. The molecule has 0 amide bonds. The quantitative estimate of drug-likeness (QED) is 0.734. The highest BCUT2D eigenvalue weighted by Gasteiger charge is 2.79. The summed E-state index contributed by atoms with van der Waals surface area (Å²) in [5, 5.41) is 0. The fourth-order valence-corrected chi connectivity index (χ4v) is 5.48. The van der Waals surface area contributed by atoms with Crippen LogP contribution in [0.15, 0.2) is 48.5 Å². The number of benzene rings is 2. The SMILES string of the molecule is C[C@]12C(=O)c3ccccc3C(=O)[C@H]1[C@H]1C(=O)c3ccccc3C(=O)[C@]12C. The van der Waals surface area contributed by atoms with Gasteiger partial charge in [-0.1, -0.05) is 62.4 Å². The number of hydrogen-bond acceptors (Lipinski definition) is 4. The zero-order chi connectivity index (χ0) is 18.4. The van der Waals surface area contributed by atoms with Crippen LogP contribution in [0.1, 0.15) is 55.3 Å². The van der Waals surface area contributed by atoms with Crippen molar-refractivity contribution in [2.45, 2.75) is 13.8 Å². The molecule has 0 spiro atoms. The van der Waals surface area contributed by atoms with Gasteiger partial charge in [-0.3, -0.25) is 19.2 Å². The molecule has 4 nitrogen and oxygen atoms in total. The van der Waals surface area contributed by atoms with Crippen LogP contribution in [0.25, 0.3) is 0 Å². The normalized spacial score (nSPS) is 34.4. The van der Waals surface area contributed by atoms with Crippen LogP contribution in [0.4, 0.5) is 0 Å². The van der Waals surface area contributed by atoms with Crippen molar-refractivity contribution in [3.05, 3.63) is 70.8 Å². The number of ketones is 4. The maximum Gasteiger partial charge on any atom is 0.171 e. The van der Waals surface area contributed by atoms with Crippen molar-refractivity contribution in [3.63, 3.8) is 0 Å². The van der Waals surface area contributed by atoms with E-state index in [4.69, 9.17) is 0 Å². The third-order valence-corrected chi connectivity index (χ3v) is 7.04. The predicted octanol–water partition coefficient (Wildman–Crippen LogP) is 3.40. The molecule has 2 aromatic rings. The lowest BCUT2D eigenvalue weighted by molar-refractivity contribution is -0.0949. The first-order valence-corrected chi connectivity index (χ1v) is 8.71. The molecule has 1 fully saturated rings. The minimum atomic E-state index is -1.19. The Bertz CT molecular complexity index is 980. The predicted molar refractivity (Wildman–Crippen MR) is 93.4 cm³/mol. The summed E-state index contributed by atoms with van der Waals surface area (Å²) in [4.78, 5) is 53.1. The zero-order valence-corrected chi connectivity index (χ0v) is 14.4. The molecule has 0 N–H and O–H groups in total. The Labute approximate surface area is 150 Å². The molecule has 0 heterocycles. The summed E-state index contributed by atoms with van der Waals surface area (Å²) in [6, 6.07) is 13.4. The molecule has 26 heavy (non-hydrogen) atoms. The third kappa shape index (κ3) is 1.33. The Morgan fingerprint density at radius 1 is 0.577 bits per heavy atom. The van der Waals surface area contributed by atoms with E-state index in [1.807, 2.05) is 0 Å². The summed E-state index contributed by atoms with van der Waals surface area (Å²) in [5.41, 5.74) is -0.945. The highest BCUT2D eigenvalue weighted by atomic mass is 16.2. The Hall–Kier alpha value is -2.88. The van der Waals surface area contributed by atoms with E-state index >= 15 is 0 Å². The van der Waals surface area contributed by atoms with Gasteiger partial charge in [0.1, 0.15) is 0 Å². The number of fused-ring (bicyclic) bond motifs is 6. The average Bonchev–Trinajstić information content (AvgIpc) is 2.66. The van der Waals surface area contributed by atoms with Gasteiger partial charge in [-0.05, 0) is 0 Å². The van der Waals surface area contributed by atoms with Crippen LogP contribution in [-0.4, -0.2) is 23.1 Å². The highest BCUT2D eigenvalue weighted by Crippen LogP contribution is 2.71. The average molecular weight is 344 g/mol. The van der Waals surface area contributed by atoms with E-state index < -0.39 is 22.7 Å². The molecule has 0 aromatic heterocycles. The van der Waals surface area contributed by atoms with Crippen molar-refractivity contribution in [2.75, 3.05) is 0 Å². The summed E-state index contributed by atoms with van der Waals surface area (Å²) in [6.07, 6.45) is 0. The lowest BCUT2D eigenvalue weighted by Gasteiger charge is -2.66. The van der Waals surface area contributed by atoms with E-state index in [-0.39, 0.29) is 23.1 Å². The molecule has 0 radical (unpaired) electrons. The fraction of sp³-hybridized carbons (Fsp3) is 0.273. The van der Waals surface area contributed by atoms with Crippen molar-refractivity contribution in [2.24, 2.45) is 22.7 Å². The zero-order valence-electron chi connectivity index (χ0n) is 14.4. The number of carbonyl (C=O) groups is 4. The lowest BCUT2D eigenvalue weighted by atomic mass is 9.31. The van der Waals surface area contributed by atoms with Crippen LogP contribution in [0.3, 0.4) is 0 Å². The molecular weight excluding hydrogens is 328 g/mol. The van der Waals surface area contributed by atoms with Gasteiger partial charge in [-0.2, -0.15) is 0 Å². The van der Waals surface area contributed by atoms with E-state index in [2.05, 4.69) is 0 Å². The highest BCUT2D eigenvalue weighted by molar-refractivity contribution is 6.28. The van der Waals surface area contributed by atoms with Crippen molar-refractivity contribution in [3.8, 4) is 0 Å². The van der Waals surface area contributed by atoms with Crippen LogP contribution < -0.4 is 0 Å². The number of hydrogen-bond donors (Lipinski definition) is 0. The summed E-state index contributed by atoms with van der Waals surface area (Å²) >= 11 is 0. The van der Waals surface area contributed by atoms with Crippen LogP contribution in [0, 0.1) is 22.7 Å². The monoisotopic (exact) mass is 344 g/mol. The number of Topliss-reactive ketones (excluding diaryl/α,β-unsaturated/α-hetero) is 4. The van der Waals surface area contributed by atoms with Crippen molar-refractivity contribution < 1.29 is 19.2 Å². The van der Waals surface area contributed by atoms with Gasteiger partial charge in [-0.25, -0.2) is 0 Å². The van der Waals surface area contributed by atoms with Crippen LogP contribution in [0.5, 0.6) is 0 Å². The second-order valence-corrected chi connectivity index (χ2v) is 7.84. The summed E-state index contributed by atoms with van der Waals surface area (Å²) < 4.78 is 0. The molecule has 0 aliphatic heterocycles. The molecule has 2 aromatic carbocycles. The second-order valence-electron chi connectivity index (χ2n) is 7.84. The smallest absolute Gasteiger partial charge is 0.171 e. The Kier molecular flexibility index (Phi) is 2.63. The van der Waals surface area contributed by atoms with Gasteiger partial charge in [0, 0.05) is 34.1 Å². The molecule has 128 valence electrons. The van der Waals surface area contributed by atoms with Gasteiger partial charge in [-0.15, -0.1) is 0 Å². The number of carbonyl (C=O) groups excluding carboxylic acids is 4. The van der Waals surface area contributed by atoms with Gasteiger partial charge in [0.05, 0.1) is 10.8 Å². The minimum Gasteiger partial charge on any atom is -0.294 e. The van der Waals surface area contributed by atoms with E-state index in [1.54, 1.807) is 62.4 Å². The molecule has 4 atom stereocenters. The van der Waals surface area contributed by atoms with E-state index in [0.29, 0.717) is 22.3 Å². The summed E-state index contributed by atoms with van der Waals surface area (Å²) in [6.45, 7) is 3.37. The van der Waals surface area contributed by atoms with Crippen molar-refractivity contribution in [1.82, 2.24) is 0 Å². The van der Waals surface area contributed by atoms with Gasteiger partial charge < -0.3 is 0 Å². The first kappa shape index (κ1) is 15.4. The van der Waals surface area contributed by atoms with Gasteiger partial charge in [0.15, 0.2) is 23.1 Å². The van der Waals surface area contributed by atoms with Gasteiger partial charge >= 0.3 is 0 Å². The van der Waals surface area contributed by atoms with Gasteiger partial charge in [0.25, 0.3) is 0 Å². The van der Waals surface area contributed by atoms with Crippen LogP contribution in [0.2, 0.25) is 0 Å². The fourth-order valence-electron chi connectivity index (χ4n) is 5.48. The Morgan fingerprint density at radius 3 is 1.23 bits per heavy atom. The molecule has 0 bridgehead atoms. The topological polar surface area (TPSA) is 68.3 Å². The van der Waals surface area contributed by atoms with Crippen molar-refractivity contribution in [1.29, 1.82) is 0 Å². The first-order valence-electron chi connectivity index (χ1n) is 8.71. The molecule has 4 heteroatoms. The molecule has 5 rings (SSSR count).